The number of aromatic nitrogens is 1. The van der Waals surface area contributed by atoms with Gasteiger partial charge in [0.25, 0.3) is 5.56 Å². The highest BCUT2D eigenvalue weighted by molar-refractivity contribution is 5.80. The molecule has 1 aromatic heterocycles. The van der Waals surface area contributed by atoms with Gasteiger partial charge in [-0.25, -0.2) is 0 Å². The summed E-state index contributed by atoms with van der Waals surface area (Å²) in [5.41, 5.74) is 7.77. The van der Waals surface area contributed by atoms with Gasteiger partial charge in [0, 0.05) is 62.2 Å². The Morgan fingerprint density at radius 3 is 2.41 bits per heavy atom. The Hall–Kier alpha value is -2.79. The molecule has 0 aliphatic carbocycles. The van der Waals surface area contributed by atoms with Gasteiger partial charge >= 0.3 is 0 Å². The molecule has 152 valence electrons. The number of pyridine rings is 1. The first-order chi connectivity index (χ1) is 13.9. The summed E-state index contributed by atoms with van der Waals surface area (Å²) in [5, 5.41) is 4.48. The van der Waals surface area contributed by atoms with Gasteiger partial charge in [0.2, 0.25) is 0 Å². The third kappa shape index (κ3) is 4.01. The van der Waals surface area contributed by atoms with E-state index < -0.39 is 0 Å². The zero-order valence-corrected chi connectivity index (χ0v) is 17.8. The Morgan fingerprint density at radius 1 is 0.966 bits per heavy atom. The van der Waals surface area contributed by atoms with E-state index in [0.29, 0.717) is 6.54 Å². The van der Waals surface area contributed by atoms with Crippen molar-refractivity contribution in [3.8, 4) is 0 Å². The van der Waals surface area contributed by atoms with Crippen molar-refractivity contribution in [1.29, 1.82) is 0 Å². The molecule has 1 saturated heterocycles. The van der Waals surface area contributed by atoms with Crippen molar-refractivity contribution in [2.24, 2.45) is 0 Å². The van der Waals surface area contributed by atoms with E-state index in [9.17, 15) is 4.79 Å². The lowest BCUT2D eigenvalue weighted by Gasteiger charge is -2.30. The molecule has 1 aliphatic heterocycles. The largest absolute Gasteiger partial charge is 0.370 e. The van der Waals surface area contributed by atoms with Crippen LogP contribution in [0.2, 0.25) is 0 Å². The summed E-state index contributed by atoms with van der Waals surface area (Å²) in [6.45, 7) is 11.0. The summed E-state index contributed by atoms with van der Waals surface area (Å²) in [7, 11) is 2.05. The molecule has 0 amide bonds. The highest BCUT2D eigenvalue weighted by Gasteiger charge is 2.14. The normalized spacial score (nSPS) is 14.4. The Kier molecular flexibility index (Phi) is 5.33. The number of H-pyrrole nitrogens is 1. The highest BCUT2D eigenvalue weighted by atomic mass is 16.1. The molecule has 0 atom stereocenters. The van der Waals surface area contributed by atoms with Crippen molar-refractivity contribution < 1.29 is 0 Å². The monoisotopic (exact) mass is 390 g/mol. The number of aryl methyl sites for hydroxylation is 3. The lowest BCUT2D eigenvalue weighted by Crippen LogP contribution is -2.43. The van der Waals surface area contributed by atoms with Crippen LogP contribution in [0, 0.1) is 20.8 Å². The molecule has 2 aromatic carbocycles. The number of anilines is 2. The first-order valence-corrected chi connectivity index (χ1v) is 10.3. The van der Waals surface area contributed by atoms with Crippen LogP contribution >= 0.6 is 0 Å². The van der Waals surface area contributed by atoms with E-state index in [2.05, 4.69) is 78.3 Å². The minimum atomic E-state index is -0.0114. The highest BCUT2D eigenvalue weighted by Crippen LogP contribution is 2.26. The van der Waals surface area contributed by atoms with Gasteiger partial charge in [-0.15, -0.1) is 0 Å². The Bertz CT molecular complexity index is 1100. The van der Waals surface area contributed by atoms with Gasteiger partial charge in [0.1, 0.15) is 0 Å². The van der Waals surface area contributed by atoms with E-state index >= 15 is 0 Å². The van der Waals surface area contributed by atoms with Crippen molar-refractivity contribution in [2.45, 2.75) is 27.3 Å². The van der Waals surface area contributed by atoms with Crippen molar-refractivity contribution in [1.82, 2.24) is 10.3 Å². The van der Waals surface area contributed by atoms with Gasteiger partial charge in [-0.1, -0.05) is 0 Å². The maximum Gasteiger partial charge on any atom is 0.253 e. The fraction of sp³-hybridized carbons (Fsp3) is 0.375. The zero-order chi connectivity index (χ0) is 20.5. The molecular formula is C24H30N4O. The summed E-state index contributed by atoms with van der Waals surface area (Å²) in [6, 6.07) is 12.9. The average Bonchev–Trinajstić information content (AvgIpc) is 2.70. The van der Waals surface area contributed by atoms with Crippen LogP contribution in [0.1, 0.15) is 22.3 Å². The number of hydrogen-bond donors (Lipinski definition) is 2. The second-order valence-corrected chi connectivity index (χ2v) is 8.21. The molecule has 29 heavy (non-hydrogen) atoms. The maximum atomic E-state index is 12.6. The minimum Gasteiger partial charge on any atom is -0.370 e. The van der Waals surface area contributed by atoms with Crippen LogP contribution in [-0.2, 0) is 6.54 Å². The Balaban J connectivity index is 1.59. The van der Waals surface area contributed by atoms with Gasteiger partial charge in [-0.05, 0) is 79.2 Å². The molecule has 0 saturated carbocycles. The van der Waals surface area contributed by atoms with Crippen LogP contribution in [0.15, 0.2) is 41.2 Å². The molecule has 1 aliphatic rings. The molecule has 2 heterocycles. The van der Waals surface area contributed by atoms with Crippen LogP contribution in [0.5, 0.6) is 0 Å². The predicted molar refractivity (Wildman–Crippen MR) is 122 cm³/mol. The number of nitrogens with one attached hydrogen (secondary N) is 2. The number of benzene rings is 2. The first-order valence-electron chi connectivity index (χ1n) is 10.3. The lowest BCUT2D eigenvalue weighted by molar-refractivity contribution is 0.589. The summed E-state index contributed by atoms with van der Waals surface area (Å²) in [6.07, 6.45) is 0. The van der Waals surface area contributed by atoms with Crippen LogP contribution < -0.4 is 20.7 Å². The molecule has 0 spiro atoms. The van der Waals surface area contributed by atoms with Crippen LogP contribution in [-0.4, -0.2) is 38.2 Å². The van der Waals surface area contributed by atoms with E-state index in [1.165, 1.54) is 22.4 Å². The molecule has 5 nitrogen and oxygen atoms in total. The second-order valence-electron chi connectivity index (χ2n) is 8.21. The van der Waals surface area contributed by atoms with Gasteiger partial charge in [-0.3, -0.25) is 4.79 Å². The Morgan fingerprint density at radius 2 is 1.69 bits per heavy atom. The molecule has 0 radical (unpaired) electrons. The third-order valence-electron chi connectivity index (χ3n) is 6.02. The number of hydrogen-bond acceptors (Lipinski definition) is 4. The van der Waals surface area contributed by atoms with Gasteiger partial charge in [-0.2, -0.15) is 0 Å². The predicted octanol–water partition coefficient (Wildman–Crippen LogP) is 3.50. The smallest absolute Gasteiger partial charge is 0.253 e. The maximum absolute atomic E-state index is 12.6. The van der Waals surface area contributed by atoms with Gasteiger partial charge in [0.15, 0.2) is 0 Å². The van der Waals surface area contributed by atoms with E-state index in [1.807, 2.05) is 6.07 Å². The SMILES string of the molecule is Cc1cc2cc(CN(C)c3ccc(N4CCNCC4)cc3C)c(=O)[nH]c2cc1C. The number of nitrogens with zero attached hydrogens (tertiary/aromatic N) is 2. The van der Waals surface area contributed by atoms with Crippen molar-refractivity contribution in [3.05, 3.63) is 69.0 Å². The van der Waals surface area contributed by atoms with Crippen LogP contribution in [0.4, 0.5) is 11.4 Å². The van der Waals surface area contributed by atoms with Crippen LogP contribution in [0.25, 0.3) is 10.9 Å². The number of fused-ring (bicyclic) bond motifs is 1. The number of piperazine rings is 1. The fourth-order valence-electron chi connectivity index (χ4n) is 4.17. The standard InChI is InChI=1S/C24H30N4O/c1-16-11-19-14-20(24(29)26-22(19)13-17(16)2)15-27(4)23-6-5-21(12-18(23)3)28-9-7-25-8-10-28/h5-6,11-14,25H,7-10,15H2,1-4H3,(H,26,29). The third-order valence-corrected chi connectivity index (χ3v) is 6.02. The van der Waals surface area contributed by atoms with Crippen LogP contribution in [0.3, 0.4) is 0 Å². The van der Waals surface area contributed by atoms with E-state index in [1.54, 1.807) is 0 Å². The lowest BCUT2D eigenvalue weighted by atomic mass is 10.0. The van der Waals surface area contributed by atoms with Gasteiger partial charge < -0.3 is 20.1 Å². The molecule has 2 N–H and O–H groups in total. The zero-order valence-electron chi connectivity index (χ0n) is 17.8. The fourth-order valence-corrected chi connectivity index (χ4v) is 4.17. The van der Waals surface area contributed by atoms with E-state index in [0.717, 1.165) is 48.3 Å². The average molecular weight is 391 g/mol. The molecule has 1 fully saturated rings. The Labute approximate surface area is 172 Å². The summed E-state index contributed by atoms with van der Waals surface area (Å²) < 4.78 is 0. The molecular weight excluding hydrogens is 360 g/mol. The number of aromatic amines is 1. The van der Waals surface area contributed by atoms with Crippen molar-refractivity contribution >= 4 is 22.3 Å². The first kappa shape index (κ1) is 19.5. The summed E-state index contributed by atoms with van der Waals surface area (Å²) >= 11 is 0. The summed E-state index contributed by atoms with van der Waals surface area (Å²) in [5.74, 6) is 0. The molecule has 4 rings (SSSR count). The second kappa shape index (κ2) is 7.91. The minimum absolute atomic E-state index is 0.0114. The molecule has 0 bridgehead atoms. The number of rotatable bonds is 4. The van der Waals surface area contributed by atoms with Crippen molar-refractivity contribution in [2.75, 3.05) is 43.0 Å². The molecule has 3 aromatic rings. The van der Waals surface area contributed by atoms with E-state index in [-0.39, 0.29) is 5.56 Å². The van der Waals surface area contributed by atoms with Gasteiger partial charge in [0.05, 0.1) is 0 Å². The van der Waals surface area contributed by atoms with Crippen molar-refractivity contribution in [3.63, 3.8) is 0 Å². The quantitative estimate of drug-likeness (QED) is 0.716. The summed E-state index contributed by atoms with van der Waals surface area (Å²) in [4.78, 5) is 20.3. The topological polar surface area (TPSA) is 51.4 Å². The van der Waals surface area contributed by atoms with E-state index in [4.69, 9.17) is 0 Å². The molecule has 5 heteroatoms. The molecule has 0 unspecified atom stereocenters.